The van der Waals surface area contributed by atoms with Crippen molar-refractivity contribution in [2.75, 3.05) is 11.4 Å². The summed E-state index contributed by atoms with van der Waals surface area (Å²) >= 11 is 0. The Morgan fingerprint density at radius 3 is 2.54 bits per heavy atom. The summed E-state index contributed by atoms with van der Waals surface area (Å²) in [5, 5.41) is 10.8. The monoisotopic (exact) mass is 340 g/mol. The molecule has 1 heterocycles. The van der Waals surface area contributed by atoms with Gasteiger partial charge < -0.3 is 4.90 Å². The molecule has 0 spiro atoms. The van der Waals surface area contributed by atoms with E-state index in [0.29, 0.717) is 18.4 Å². The number of carbonyl (C=O) groups excluding carboxylic acids is 1. The van der Waals surface area contributed by atoms with Crippen molar-refractivity contribution >= 4 is 17.3 Å². The summed E-state index contributed by atoms with van der Waals surface area (Å²) in [7, 11) is 0. The van der Waals surface area contributed by atoms with Gasteiger partial charge in [0, 0.05) is 24.2 Å². The molecule has 0 radical (unpaired) electrons. The summed E-state index contributed by atoms with van der Waals surface area (Å²) in [6.07, 6.45) is -1.69. The zero-order chi connectivity index (χ0) is 17.2. The molecule has 24 heavy (non-hydrogen) atoms. The van der Waals surface area contributed by atoms with Crippen LogP contribution < -0.4 is 4.90 Å². The fourth-order valence-corrected chi connectivity index (χ4v) is 4.85. The van der Waals surface area contributed by atoms with Gasteiger partial charge in [0.1, 0.15) is 5.56 Å². The third-order valence-corrected chi connectivity index (χ3v) is 5.83. The lowest BCUT2D eigenvalue weighted by atomic mass is 9.81. The summed E-state index contributed by atoms with van der Waals surface area (Å²) < 4.78 is 39.4. The smallest absolute Gasteiger partial charge is 0.312 e. The van der Waals surface area contributed by atoms with Gasteiger partial charge in [0.05, 0.1) is 4.92 Å². The van der Waals surface area contributed by atoms with Crippen LogP contribution in [-0.4, -0.2) is 17.4 Å². The van der Waals surface area contributed by atoms with E-state index in [-0.39, 0.29) is 23.4 Å². The van der Waals surface area contributed by atoms with Crippen molar-refractivity contribution in [3.05, 3.63) is 33.9 Å². The molecule has 3 aliphatic rings. The quantitative estimate of drug-likeness (QED) is 0.610. The number of nitrogens with zero attached hydrogens (tertiary/aromatic N) is 2. The van der Waals surface area contributed by atoms with Crippen LogP contribution >= 0.6 is 0 Å². The number of anilines is 1. The van der Waals surface area contributed by atoms with E-state index >= 15 is 0 Å². The first kappa shape index (κ1) is 15.4. The molecular weight excluding hydrogens is 325 g/mol. The number of fused-ring (bicyclic) bond motifs is 5. The lowest BCUT2D eigenvalue weighted by molar-refractivity contribution is -0.388. The van der Waals surface area contributed by atoms with Crippen molar-refractivity contribution in [2.45, 2.75) is 25.4 Å². The average Bonchev–Trinajstić information content (AvgIpc) is 3.19. The van der Waals surface area contributed by atoms with E-state index in [1.165, 1.54) is 11.0 Å². The maximum atomic E-state index is 13.1. The molecule has 2 saturated carbocycles. The number of nitro benzene ring substituents is 1. The molecule has 1 amide bonds. The Labute approximate surface area is 135 Å². The molecule has 4 atom stereocenters. The molecule has 2 aliphatic carbocycles. The Bertz CT molecular complexity index is 734. The van der Waals surface area contributed by atoms with Crippen molar-refractivity contribution in [1.82, 2.24) is 0 Å². The molecule has 1 aliphatic heterocycles. The molecule has 3 fully saturated rings. The summed E-state index contributed by atoms with van der Waals surface area (Å²) in [6, 6.07) is 2.82. The summed E-state index contributed by atoms with van der Waals surface area (Å²) in [6.45, 7) is 0.416. The first-order chi connectivity index (χ1) is 11.3. The van der Waals surface area contributed by atoms with Gasteiger partial charge in [0.2, 0.25) is 5.91 Å². The van der Waals surface area contributed by atoms with E-state index in [2.05, 4.69) is 0 Å². The zero-order valence-corrected chi connectivity index (χ0v) is 12.6. The van der Waals surface area contributed by atoms with Crippen molar-refractivity contribution in [2.24, 2.45) is 23.7 Å². The number of hydrogen-bond acceptors (Lipinski definition) is 3. The Morgan fingerprint density at radius 1 is 1.21 bits per heavy atom. The molecular formula is C16H15F3N2O3. The fourth-order valence-electron chi connectivity index (χ4n) is 4.85. The number of rotatable bonds is 2. The zero-order valence-electron chi connectivity index (χ0n) is 12.6. The van der Waals surface area contributed by atoms with E-state index in [1.807, 2.05) is 0 Å². The Hall–Kier alpha value is -2.12. The molecule has 5 nitrogen and oxygen atoms in total. The molecule has 4 rings (SSSR count). The highest BCUT2D eigenvalue weighted by molar-refractivity contribution is 5.98. The summed E-state index contributed by atoms with van der Waals surface area (Å²) in [5.41, 5.74) is -2.19. The van der Waals surface area contributed by atoms with Crippen LogP contribution in [-0.2, 0) is 11.0 Å². The minimum Gasteiger partial charge on any atom is -0.312 e. The van der Waals surface area contributed by atoms with Gasteiger partial charge in [-0.15, -0.1) is 0 Å². The van der Waals surface area contributed by atoms with E-state index < -0.39 is 22.4 Å². The SMILES string of the molecule is O=C1C2C3CCC(C3)C2CN1c1ccc([N+](=O)[O-])c(C(F)(F)F)c1. The van der Waals surface area contributed by atoms with Crippen molar-refractivity contribution in [3.63, 3.8) is 0 Å². The molecule has 1 saturated heterocycles. The highest BCUT2D eigenvalue weighted by Gasteiger charge is 2.56. The molecule has 0 N–H and O–H groups in total. The second kappa shape index (κ2) is 4.94. The van der Waals surface area contributed by atoms with E-state index in [9.17, 15) is 28.1 Å². The predicted octanol–water partition coefficient (Wildman–Crippen LogP) is 3.62. The maximum Gasteiger partial charge on any atom is 0.423 e. The summed E-state index contributed by atoms with van der Waals surface area (Å²) in [4.78, 5) is 23.9. The Kier molecular flexibility index (Phi) is 3.17. The van der Waals surface area contributed by atoms with Gasteiger partial charge in [0.15, 0.2) is 0 Å². The lowest BCUT2D eigenvalue weighted by Crippen LogP contribution is -2.29. The van der Waals surface area contributed by atoms with Gasteiger partial charge in [-0.2, -0.15) is 13.2 Å². The highest BCUT2D eigenvalue weighted by atomic mass is 19.4. The molecule has 4 unspecified atom stereocenters. The van der Waals surface area contributed by atoms with Crippen LogP contribution in [0.15, 0.2) is 18.2 Å². The third-order valence-electron chi connectivity index (χ3n) is 5.83. The number of amides is 1. The Balaban J connectivity index is 1.70. The maximum absolute atomic E-state index is 13.1. The first-order valence-electron chi connectivity index (χ1n) is 7.94. The van der Waals surface area contributed by atoms with Crippen molar-refractivity contribution in [1.29, 1.82) is 0 Å². The third kappa shape index (κ3) is 2.12. The van der Waals surface area contributed by atoms with Crippen LogP contribution in [0.25, 0.3) is 0 Å². The van der Waals surface area contributed by atoms with Gasteiger partial charge in [-0.25, -0.2) is 0 Å². The normalized spacial score (nSPS) is 31.6. The van der Waals surface area contributed by atoms with Gasteiger partial charge in [-0.1, -0.05) is 0 Å². The van der Waals surface area contributed by atoms with Crippen molar-refractivity contribution < 1.29 is 22.9 Å². The Morgan fingerprint density at radius 2 is 1.92 bits per heavy atom. The van der Waals surface area contributed by atoms with Crippen molar-refractivity contribution in [3.8, 4) is 0 Å². The lowest BCUT2D eigenvalue weighted by Gasteiger charge is -2.20. The predicted molar refractivity (Wildman–Crippen MR) is 78.3 cm³/mol. The second-order valence-electron chi connectivity index (χ2n) is 6.93. The van der Waals surface area contributed by atoms with Crippen LogP contribution in [0.1, 0.15) is 24.8 Å². The molecule has 0 aromatic heterocycles. The minimum absolute atomic E-state index is 0.0896. The van der Waals surface area contributed by atoms with Crippen LogP contribution in [0.4, 0.5) is 24.5 Å². The van der Waals surface area contributed by atoms with Gasteiger partial charge in [-0.3, -0.25) is 14.9 Å². The largest absolute Gasteiger partial charge is 0.423 e. The highest BCUT2D eigenvalue weighted by Crippen LogP contribution is 2.56. The summed E-state index contributed by atoms with van der Waals surface area (Å²) in [5.74, 6) is 0.815. The minimum atomic E-state index is -4.84. The van der Waals surface area contributed by atoms with Crippen LogP contribution in [0.5, 0.6) is 0 Å². The standard InChI is InChI=1S/C16H15F3N2O3/c17-16(18,19)12-6-10(3-4-13(12)21(23)24)20-7-11-8-1-2-9(5-8)14(11)15(20)22/h3-4,6,8-9,11,14H,1-2,5,7H2. The van der Waals surface area contributed by atoms with E-state index in [0.717, 1.165) is 31.4 Å². The van der Waals surface area contributed by atoms with Gasteiger partial charge in [-0.05, 0) is 49.1 Å². The molecule has 1 aromatic rings. The fraction of sp³-hybridized carbons (Fsp3) is 0.562. The first-order valence-corrected chi connectivity index (χ1v) is 7.94. The molecule has 8 heteroatoms. The molecule has 2 bridgehead atoms. The van der Waals surface area contributed by atoms with E-state index in [1.54, 1.807) is 0 Å². The molecule has 1 aromatic carbocycles. The number of hydrogen-bond donors (Lipinski definition) is 0. The number of benzene rings is 1. The molecule has 128 valence electrons. The topological polar surface area (TPSA) is 63.5 Å². The van der Waals surface area contributed by atoms with Crippen LogP contribution in [0.3, 0.4) is 0 Å². The number of nitro groups is 1. The van der Waals surface area contributed by atoms with Crippen LogP contribution in [0.2, 0.25) is 0 Å². The number of alkyl halides is 3. The van der Waals surface area contributed by atoms with E-state index in [4.69, 9.17) is 0 Å². The average molecular weight is 340 g/mol. The van der Waals surface area contributed by atoms with Crippen LogP contribution in [0, 0.1) is 33.8 Å². The number of halogens is 3. The second-order valence-corrected chi connectivity index (χ2v) is 6.93. The van der Waals surface area contributed by atoms with Gasteiger partial charge in [0.25, 0.3) is 5.69 Å². The van der Waals surface area contributed by atoms with Gasteiger partial charge >= 0.3 is 6.18 Å². The number of carbonyl (C=O) groups is 1.